The van der Waals surface area contributed by atoms with Gasteiger partial charge in [-0.15, -0.1) is 0 Å². The van der Waals surface area contributed by atoms with E-state index in [1.54, 1.807) is 38.6 Å². The number of hydrogen-bond acceptors (Lipinski definition) is 6. The Labute approximate surface area is 157 Å². The SMILES string of the molecule is COc1ccc(CCNc2nccc(Nc3ccc(F)cc3)n2)cc1OC. The summed E-state index contributed by atoms with van der Waals surface area (Å²) in [5.41, 5.74) is 1.87. The predicted octanol–water partition coefficient (Wildman–Crippen LogP) is 4.03. The van der Waals surface area contributed by atoms with E-state index in [0.717, 1.165) is 17.7 Å². The van der Waals surface area contributed by atoms with Gasteiger partial charge in [0.2, 0.25) is 5.95 Å². The molecule has 3 rings (SSSR count). The fourth-order valence-corrected chi connectivity index (χ4v) is 2.55. The first-order chi connectivity index (χ1) is 13.2. The van der Waals surface area contributed by atoms with Crippen molar-refractivity contribution in [3.05, 3.63) is 66.1 Å². The molecule has 7 heteroatoms. The van der Waals surface area contributed by atoms with Crippen LogP contribution in [0.15, 0.2) is 54.7 Å². The molecule has 27 heavy (non-hydrogen) atoms. The molecule has 0 saturated carbocycles. The second-order valence-electron chi connectivity index (χ2n) is 5.76. The minimum Gasteiger partial charge on any atom is -0.493 e. The van der Waals surface area contributed by atoms with E-state index in [1.807, 2.05) is 18.2 Å². The van der Waals surface area contributed by atoms with Crippen LogP contribution in [-0.2, 0) is 6.42 Å². The number of aromatic nitrogens is 2. The van der Waals surface area contributed by atoms with Gasteiger partial charge in [-0.3, -0.25) is 0 Å². The third-order valence-electron chi connectivity index (χ3n) is 3.92. The van der Waals surface area contributed by atoms with Crippen LogP contribution >= 0.6 is 0 Å². The molecule has 140 valence electrons. The molecule has 0 amide bonds. The van der Waals surface area contributed by atoms with E-state index in [1.165, 1.54) is 12.1 Å². The zero-order valence-electron chi connectivity index (χ0n) is 15.2. The van der Waals surface area contributed by atoms with Crippen LogP contribution in [0.1, 0.15) is 5.56 Å². The van der Waals surface area contributed by atoms with Crippen LogP contribution in [0.5, 0.6) is 11.5 Å². The fraction of sp³-hybridized carbons (Fsp3) is 0.200. The molecule has 0 aliphatic rings. The van der Waals surface area contributed by atoms with E-state index in [0.29, 0.717) is 29.8 Å². The molecule has 6 nitrogen and oxygen atoms in total. The van der Waals surface area contributed by atoms with E-state index in [4.69, 9.17) is 9.47 Å². The Hall–Kier alpha value is -3.35. The summed E-state index contributed by atoms with van der Waals surface area (Å²) in [7, 11) is 3.23. The van der Waals surface area contributed by atoms with Crippen LogP contribution in [0.3, 0.4) is 0 Å². The first-order valence-corrected chi connectivity index (χ1v) is 8.48. The number of nitrogens with one attached hydrogen (secondary N) is 2. The van der Waals surface area contributed by atoms with Gasteiger partial charge < -0.3 is 20.1 Å². The van der Waals surface area contributed by atoms with Gasteiger partial charge in [-0.2, -0.15) is 4.98 Å². The van der Waals surface area contributed by atoms with Crippen LogP contribution in [0.2, 0.25) is 0 Å². The number of hydrogen-bond donors (Lipinski definition) is 2. The topological polar surface area (TPSA) is 68.3 Å². The number of nitrogens with zero attached hydrogens (tertiary/aromatic N) is 2. The molecule has 0 atom stereocenters. The lowest BCUT2D eigenvalue weighted by molar-refractivity contribution is 0.354. The van der Waals surface area contributed by atoms with Crippen LogP contribution in [0.4, 0.5) is 21.8 Å². The van der Waals surface area contributed by atoms with Crippen LogP contribution in [0.25, 0.3) is 0 Å². The molecule has 2 N–H and O–H groups in total. The van der Waals surface area contributed by atoms with Gasteiger partial charge in [0.15, 0.2) is 11.5 Å². The van der Waals surface area contributed by atoms with E-state index in [9.17, 15) is 4.39 Å². The second-order valence-corrected chi connectivity index (χ2v) is 5.76. The van der Waals surface area contributed by atoms with Gasteiger partial charge in [0, 0.05) is 18.4 Å². The van der Waals surface area contributed by atoms with Crippen LogP contribution < -0.4 is 20.1 Å². The van der Waals surface area contributed by atoms with Crippen molar-refractivity contribution in [3.8, 4) is 11.5 Å². The Balaban J connectivity index is 1.57. The van der Waals surface area contributed by atoms with Crippen LogP contribution in [-0.4, -0.2) is 30.7 Å². The molecule has 0 spiro atoms. The molecule has 0 saturated heterocycles. The largest absolute Gasteiger partial charge is 0.493 e. The molecule has 0 bridgehead atoms. The van der Waals surface area contributed by atoms with E-state index in [-0.39, 0.29) is 5.82 Å². The van der Waals surface area contributed by atoms with Crippen molar-refractivity contribution in [1.82, 2.24) is 9.97 Å². The van der Waals surface area contributed by atoms with E-state index < -0.39 is 0 Å². The van der Waals surface area contributed by atoms with Crippen molar-refractivity contribution in [3.63, 3.8) is 0 Å². The molecular weight excluding hydrogens is 347 g/mol. The van der Waals surface area contributed by atoms with Gasteiger partial charge in [-0.05, 0) is 54.4 Å². The number of ether oxygens (including phenoxy) is 2. The highest BCUT2D eigenvalue weighted by Gasteiger charge is 2.05. The third-order valence-corrected chi connectivity index (χ3v) is 3.92. The predicted molar refractivity (Wildman–Crippen MR) is 103 cm³/mol. The summed E-state index contributed by atoms with van der Waals surface area (Å²) < 4.78 is 23.5. The molecule has 3 aromatic rings. The van der Waals surface area contributed by atoms with Crippen molar-refractivity contribution in [1.29, 1.82) is 0 Å². The smallest absolute Gasteiger partial charge is 0.224 e. The first-order valence-electron chi connectivity index (χ1n) is 8.48. The molecule has 2 aromatic carbocycles. The highest BCUT2D eigenvalue weighted by Crippen LogP contribution is 2.27. The van der Waals surface area contributed by atoms with Gasteiger partial charge in [-0.1, -0.05) is 6.07 Å². The fourth-order valence-electron chi connectivity index (χ4n) is 2.55. The Bertz CT molecular complexity index is 887. The van der Waals surface area contributed by atoms with Crippen molar-refractivity contribution in [2.45, 2.75) is 6.42 Å². The highest BCUT2D eigenvalue weighted by molar-refractivity contribution is 5.56. The normalized spacial score (nSPS) is 10.3. The Morgan fingerprint density at radius 2 is 1.74 bits per heavy atom. The zero-order chi connectivity index (χ0) is 19.1. The zero-order valence-corrected chi connectivity index (χ0v) is 15.2. The van der Waals surface area contributed by atoms with Gasteiger partial charge in [-0.25, -0.2) is 9.37 Å². The molecule has 1 aromatic heterocycles. The van der Waals surface area contributed by atoms with E-state index in [2.05, 4.69) is 20.6 Å². The lowest BCUT2D eigenvalue weighted by atomic mass is 10.1. The molecule has 0 aliphatic heterocycles. The minimum atomic E-state index is -0.277. The Kier molecular flexibility index (Phi) is 6.04. The molecular formula is C20H21FN4O2. The average molecular weight is 368 g/mol. The summed E-state index contributed by atoms with van der Waals surface area (Å²) in [6.07, 6.45) is 2.44. The first kappa shape index (κ1) is 18.4. The summed E-state index contributed by atoms with van der Waals surface area (Å²) in [6.45, 7) is 0.662. The number of anilines is 3. The molecule has 0 unspecified atom stereocenters. The maximum atomic E-state index is 13.0. The van der Waals surface area contributed by atoms with Gasteiger partial charge in [0.1, 0.15) is 11.6 Å². The van der Waals surface area contributed by atoms with Gasteiger partial charge in [0.05, 0.1) is 14.2 Å². The number of rotatable bonds is 8. The molecule has 0 aliphatic carbocycles. The molecule has 0 fully saturated rings. The maximum absolute atomic E-state index is 13.0. The summed E-state index contributed by atoms with van der Waals surface area (Å²) in [6, 6.07) is 13.7. The highest BCUT2D eigenvalue weighted by atomic mass is 19.1. The summed E-state index contributed by atoms with van der Waals surface area (Å²) >= 11 is 0. The van der Waals surface area contributed by atoms with Gasteiger partial charge >= 0.3 is 0 Å². The molecule has 0 radical (unpaired) electrons. The second kappa shape index (κ2) is 8.84. The quantitative estimate of drug-likeness (QED) is 0.626. The number of benzene rings is 2. The lowest BCUT2D eigenvalue weighted by Gasteiger charge is -2.11. The Morgan fingerprint density at radius 3 is 2.48 bits per heavy atom. The van der Waals surface area contributed by atoms with Gasteiger partial charge in [0.25, 0.3) is 0 Å². The lowest BCUT2D eigenvalue weighted by Crippen LogP contribution is -2.09. The summed E-state index contributed by atoms with van der Waals surface area (Å²) in [5.74, 6) is 2.28. The summed E-state index contributed by atoms with van der Waals surface area (Å²) in [5, 5.41) is 6.32. The average Bonchev–Trinajstić information content (AvgIpc) is 2.70. The Morgan fingerprint density at radius 1 is 0.963 bits per heavy atom. The molecule has 1 heterocycles. The van der Waals surface area contributed by atoms with Crippen molar-refractivity contribution in [2.24, 2.45) is 0 Å². The summed E-state index contributed by atoms with van der Waals surface area (Å²) in [4.78, 5) is 8.63. The van der Waals surface area contributed by atoms with Crippen molar-refractivity contribution >= 4 is 17.5 Å². The van der Waals surface area contributed by atoms with Crippen molar-refractivity contribution < 1.29 is 13.9 Å². The van der Waals surface area contributed by atoms with E-state index >= 15 is 0 Å². The monoisotopic (exact) mass is 368 g/mol. The van der Waals surface area contributed by atoms with Crippen LogP contribution in [0, 0.1) is 5.82 Å². The van der Waals surface area contributed by atoms with Crippen molar-refractivity contribution in [2.75, 3.05) is 31.4 Å². The minimum absolute atomic E-state index is 0.277. The standard InChI is InChI=1S/C20H21FN4O2/c1-26-17-8-3-14(13-18(17)27-2)9-11-22-20-23-12-10-19(25-20)24-16-6-4-15(21)5-7-16/h3-8,10,12-13H,9,11H2,1-2H3,(H2,22,23,24,25). The maximum Gasteiger partial charge on any atom is 0.224 e. The number of methoxy groups -OCH3 is 2. The third kappa shape index (κ3) is 5.07. The number of halogens is 1.